The number of aromatic nitrogens is 2. The molecular formula is C24H25FN4O2. The normalized spacial score (nSPS) is 13.9. The zero-order valence-corrected chi connectivity index (χ0v) is 17.7. The second-order valence-corrected chi connectivity index (χ2v) is 7.68. The van der Waals surface area contributed by atoms with Crippen molar-refractivity contribution in [2.24, 2.45) is 0 Å². The summed E-state index contributed by atoms with van der Waals surface area (Å²) in [6.45, 7) is 6.39. The van der Waals surface area contributed by atoms with Crippen molar-refractivity contribution in [1.82, 2.24) is 15.1 Å². The number of amides is 1. The number of piperazine rings is 1. The Kier molecular flexibility index (Phi) is 6.11. The molecule has 0 bridgehead atoms. The molecule has 7 heteroatoms. The van der Waals surface area contributed by atoms with Gasteiger partial charge in [0.25, 0.3) is 5.91 Å². The lowest BCUT2D eigenvalue weighted by molar-refractivity contribution is -0.133. The number of hydrogen-bond donors (Lipinski definition) is 0. The van der Waals surface area contributed by atoms with E-state index < -0.39 is 5.82 Å². The zero-order chi connectivity index (χ0) is 21.8. The number of para-hydroxylation sites is 1. The van der Waals surface area contributed by atoms with Gasteiger partial charge in [-0.25, -0.2) is 4.39 Å². The molecule has 0 unspecified atom stereocenters. The third-order valence-electron chi connectivity index (χ3n) is 5.45. The minimum atomic E-state index is -0.469. The number of anilines is 1. The maximum atomic E-state index is 13.6. The van der Waals surface area contributed by atoms with Gasteiger partial charge in [0.15, 0.2) is 24.0 Å². The lowest BCUT2D eigenvalue weighted by Gasteiger charge is -2.35. The molecule has 1 saturated heterocycles. The molecule has 1 fully saturated rings. The van der Waals surface area contributed by atoms with Crippen LogP contribution in [0.1, 0.15) is 11.1 Å². The highest BCUT2D eigenvalue weighted by Gasteiger charge is 2.23. The molecule has 31 heavy (non-hydrogen) atoms. The van der Waals surface area contributed by atoms with Gasteiger partial charge in [-0.2, -0.15) is 0 Å². The molecule has 0 aliphatic carbocycles. The van der Waals surface area contributed by atoms with Crippen molar-refractivity contribution in [2.45, 2.75) is 13.8 Å². The molecule has 2 aromatic carbocycles. The Hall–Kier alpha value is -3.48. The summed E-state index contributed by atoms with van der Waals surface area (Å²) in [5.74, 6) is 0.263. The van der Waals surface area contributed by atoms with Crippen molar-refractivity contribution < 1.29 is 13.9 Å². The van der Waals surface area contributed by atoms with Gasteiger partial charge in [0.05, 0.1) is 5.69 Å². The highest BCUT2D eigenvalue weighted by Crippen LogP contribution is 2.23. The van der Waals surface area contributed by atoms with Crippen molar-refractivity contribution in [2.75, 3.05) is 37.7 Å². The number of nitrogens with zero attached hydrogens (tertiary/aromatic N) is 4. The van der Waals surface area contributed by atoms with E-state index in [2.05, 4.69) is 47.1 Å². The molecule has 0 N–H and O–H groups in total. The molecule has 160 valence electrons. The fourth-order valence-electron chi connectivity index (χ4n) is 3.72. The smallest absolute Gasteiger partial charge is 0.260 e. The first-order valence-corrected chi connectivity index (χ1v) is 10.3. The Balaban J connectivity index is 1.32. The maximum absolute atomic E-state index is 13.6. The first-order valence-electron chi connectivity index (χ1n) is 10.3. The molecule has 0 atom stereocenters. The second-order valence-electron chi connectivity index (χ2n) is 7.68. The predicted octanol–water partition coefficient (Wildman–Crippen LogP) is 3.63. The van der Waals surface area contributed by atoms with Gasteiger partial charge in [-0.3, -0.25) is 4.79 Å². The van der Waals surface area contributed by atoms with Gasteiger partial charge in [-0.15, -0.1) is 10.2 Å². The quantitative estimate of drug-likeness (QED) is 0.631. The van der Waals surface area contributed by atoms with Gasteiger partial charge in [0, 0.05) is 31.7 Å². The van der Waals surface area contributed by atoms with E-state index in [4.69, 9.17) is 4.74 Å². The molecule has 0 spiro atoms. The number of rotatable bonds is 5. The van der Waals surface area contributed by atoms with Gasteiger partial charge in [0.2, 0.25) is 0 Å². The molecule has 6 nitrogen and oxygen atoms in total. The van der Waals surface area contributed by atoms with Crippen LogP contribution in [0.5, 0.6) is 5.75 Å². The number of aryl methyl sites for hydroxylation is 2. The number of halogens is 1. The van der Waals surface area contributed by atoms with Gasteiger partial charge >= 0.3 is 0 Å². The van der Waals surface area contributed by atoms with Gasteiger partial charge in [-0.1, -0.05) is 35.9 Å². The van der Waals surface area contributed by atoms with Crippen molar-refractivity contribution in [3.8, 4) is 17.0 Å². The van der Waals surface area contributed by atoms with Crippen LogP contribution in [0.4, 0.5) is 10.2 Å². The molecule has 4 rings (SSSR count). The average Bonchev–Trinajstić information content (AvgIpc) is 2.79. The number of carbonyl (C=O) groups excluding carboxylic acids is 1. The largest absolute Gasteiger partial charge is 0.481 e. The van der Waals surface area contributed by atoms with E-state index in [1.165, 1.54) is 23.3 Å². The fourth-order valence-corrected chi connectivity index (χ4v) is 3.72. The van der Waals surface area contributed by atoms with Crippen molar-refractivity contribution in [3.05, 3.63) is 71.5 Å². The summed E-state index contributed by atoms with van der Waals surface area (Å²) in [5, 5.41) is 8.82. The SMILES string of the molecule is Cc1ccc(-c2ccc(N3CCN(C(=O)COc4ccccc4F)CC3)nn2)c(C)c1. The van der Waals surface area contributed by atoms with E-state index in [1.807, 2.05) is 12.1 Å². The molecule has 2 heterocycles. The monoisotopic (exact) mass is 420 g/mol. The molecule has 3 aromatic rings. The topological polar surface area (TPSA) is 58.6 Å². The number of hydrogen-bond acceptors (Lipinski definition) is 5. The average molecular weight is 420 g/mol. The Bertz CT molecular complexity index is 1060. The van der Waals surface area contributed by atoms with E-state index in [9.17, 15) is 9.18 Å². The number of benzene rings is 2. The summed E-state index contributed by atoms with van der Waals surface area (Å²) >= 11 is 0. The van der Waals surface area contributed by atoms with E-state index in [1.54, 1.807) is 17.0 Å². The van der Waals surface area contributed by atoms with Crippen molar-refractivity contribution in [1.29, 1.82) is 0 Å². The summed E-state index contributed by atoms with van der Waals surface area (Å²) in [7, 11) is 0. The van der Waals surface area contributed by atoms with Crippen LogP contribution in [0.25, 0.3) is 11.3 Å². The predicted molar refractivity (Wildman–Crippen MR) is 118 cm³/mol. The Morgan fingerprint density at radius 1 is 1.00 bits per heavy atom. The van der Waals surface area contributed by atoms with Gasteiger partial charge in [0.1, 0.15) is 0 Å². The minimum Gasteiger partial charge on any atom is -0.481 e. The summed E-state index contributed by atoms with van der Waals surface area (Å²) in [5.41, 5.74) is 4.32. The summed E-state index contributed by atoms with van der Waals surface area (Å²) in [6, 6.07) is 16.3. The molecule has 1 aliphatic rings. The highest BCUT2D eigenvalue weighted by molar-refractivity contribution is 5.78. The Morgan fingerprint density at radius 3 is 2.45 bits per heavy atom. The number of ether oxygens (including phenoxy) is 1. The summed E-state index contributed by atoms with van der Waals surface area (Å²) in [6.07, 6.45) is 0. The fraction of sp³-hybridized carbons (Fsp3) is 0.292. The summed E-state index contributed by atoms with van der Waals surface area (Å²) < 4.78 is 19.0. The molecule has 1 aliphatic heterocycles. The molecular weight excluding hydrogens is 395 g/mol. The van der Waals surface area contributed by atoms with Gasteiger partial charge in [-0.05, 0) is 43.7 Å². The summed E-state index contributed by atoms with van der Waals surface area (Å²) in [4.78, 5) is 16.3. The Morgan fingerprint density at radius 2 is 1.77 bits per heavy atom. The van der Waals surface area contributed by atoms with Crippen LogP contribution in [-0.4, -0.2) is 53.8 Å². The third-order valence-corrected chi connectivity index (χ3v) is 5.45. The van der Waals surface area contributed by atoms with Crippen LogP contribution >= 0.6 is 0 Å². The van der Waals surface area contributed by atoms with Crippen LogP contribution in [-0.2, 0) is 4.79 Å². The van der Waals surface area contributed by atoms with E-state index in [0.717, 1.165) is 17.1 Å². The highest BCUT2D eigenvalue weighted by atomic mass is 19.1. The van der Waals surface area contributed by atoms with E-state index >= 15 is 0 Å². The third kappa shape index (κ3) is 4.82. The molecule has 1 amide bonds. The van der Waals surface area contributed by atoms with E-state index in [-0.39, 0.29) is 18.3 Å². The molecule has 0 saturated carbocycles. The first kappa shape index (κ1) is 20.8. The van der Waals surface area contributed by atoms with Crippen molar-refractivity contribution >= 4 is 11.7 Å². The zero-order valence-electron chi connectivity index (χ0n) is 17.7. The van der Waals surface area contributed by atoms with Gasteiger partial charge < -0.3 is 14.5 Å². The standard InChI is InChI=1S/C24H25FN4O2/c1-17-7-8-19(18(2)15-17)21-9-10-23(27-26-21)28-11-13-29(14-12-28)24(30)16-31-22-6-4-3-5-20(22)25/h3-10,15H,11-14,16H2,1-2H3. The Labute approximate surface area is 181 Å². The van der Waals surface area contributed by atoms with Crippen LogP contribution < -0.4 is 9.64 Å². The van der Waals surface area contributed by atoms with Crippen LogP contribution in [0.3, 0.4) is 0 Å². The van der Waals surface area contributed by atoms with E-state index in [0.29, 0.717) is 26.2 Å². The second kappa shape index (κ2) is 9.12. The lowest BCUT2D eigenvalue weighted by Crippen LogP contribution is -2.50. The maximum Gasteiger partial charge on any atom is 0.260 e. The minimum absolute atomic E-state index is 0.0914. The molecule has 0 radical (unpaired) electrons. The van der Waals surface area contributed by atoms with Crippen LogP contribution in [0.2, 0.25) is 0 Å². The van der Waals surface area contributed by atoms with Crippen LogP contribution in [0.15, 0.2) is 54.6 Å². The first-order chi connectivity index (χ1) is 15.0. The van der Waals surface area contributed by atoms with Crippen molar-refractivity contribution in [3.63, 3.8) is 0 Å². The molecule has 1 aromatic heterocycles. The lowest BCUT2D eigenvalue weighted by atomic mass is 10.0. The number of carbonyl (C=O) groups is 1. The van der Waals surface area contributed by atoms with Crippen LogP contribution in [0, 0.1) is 19.7 Å².